The summed E-state index contributed by atoms with van der Waals surface area (Å²) in [5.41, 5.74) is 6.33. The molecule has 0 saturated heterocycles. The Morgan fingerprint density at radius 2 is 2.00 bits per heavy atom. The lowest BCUT2D eigenvalue weighted by molar-refractivity contribution is 0.301. The van der Waals surface area contributed by atoms with E-state index in [-0.39, 0.29) is 18.0 Å². The molecule has 0 amide bonds. The van der Waals surface area contributed by atoms with Crippen molar-refractivity contribution in [2.75, 3.05) is 5.73 Å². The van der Waals surface area contributed by atoms with Gasteiger partial charge < -0.3 is 10.5 Å². The van der Waals surface area contributed by atoms with Crippen molar-refractivity contribution in [3.05, 3.63) is 47.9 Å². The van der Waals surface area contributed by atoms with Gasteiger partial charge in [0.1, 0.15) is 41.8 Å². The number of nitrogen functional groups attached to an aromatic ring is 1. The van der Waals surface area contributed by atoms with Gasteiger partial charge in [-0.2, -0.15) is 5.26 Å². The van der Waals surface area contributed by atoms with Crippen molar-refractivity contribution < 1.29 is 4.74 Å². The van der Waals surface area contributed by atoms with E-state index < -0.39 is 0 Å². The van der Waals surface area contributed by atoms with E-state index in [9.17, 15) is 0 Å². The average molecular weight is 226 g/mol. The topological polar surface area (TPSA) is 84.8 Å². The SMILES string of the molecule is N#Cc1c(N)ncnc1COc1ccccc1. The molecular formula is C12H10N4O. The summed E-state index contributed by atoms with van der Waals surface area (Å²) in [4.78, 5) is 7.74. The Labute approximate surface area is 98.5 Å². The number of para-hydroxylation sites is 1. The monoisotopic (exact) mass is 226 g/mol. The molecule has 84 valence electrons. The predicted molar refractivity (Wildman–Crippen MR) is 61.9 cm³/mol. The summed E-state index contributed by atoms with van der Waals surface area (Å²) in [5, 5.41) is 8.93. The van der Waals surface area contributed by atoms with Gasteiger partial charge in [-0.3, -0.25) is 0 Å². The largest absolute Gasteiger partial charge is 0.487 e. The fraction of sp³-hybridized carbons (Fsp3) is 0.0833. The van der Waals surface area contributed by atoms with Crippen LogP contribution in [0, 0.1) is 11.3 Å². The normalized spacial score (nSPS) is 9.59. The second-order valence-corrected chi connectivity index (χ2v) is 3.29. The number of rotatable bonds is 3. The number of ether oxygens (including phenoxy) is 1. The Hall–Kier alpha value is -2.61. The third-order valence-corrected chi connectivity index (χ3v) is 2.19. The Bertz CT molecular complexity index is 548. The molecule has 0 fully saturated rings. The molecular weight excluding hydrogens is 216 g/mol. The number of nitriles is 1. The molecule has 0 saturated carbocycles. The van der Waals surface area contributed by atoms with Gasteiger partial charge in [0.25, 0.3) is 0 Å². The van der Waals surface area contributed by atoms with Crippen LogP contribution in [-0.4, -0.2) is 9.97 Å². The van der Waals surface area contributed by atoms with Gasteiger partial charge >= 0.3 is 0 Å². The van der Waals surface area contributed by atoms with Crippen molar-refractivity contribution in [1.82, 2.24) is 9.97 Å². The third-order valence-electron chi connectivity index (χ3n) is 2.19. The van der Waals surface area contributed by atoms with E-state index in [2.05, 4.69) is 9.97 Å². The minimum atomic E-state index is 0.175. The fourth-order valence-corrected chi connectivity index (χ4v) is 1.34. The Morgan fingerprint density at radius 1 is 1.24 bits per heavy atom. The predicted octanol–water partition coefficient (Wildman–Crippen LogP) is 1.51. The highest BCUT2D eigenvalue weighted by atomic mass is 16.5. The third kappa shape index (κ3) is 2.49. The highest BCUT2D eigenvalue weighted by Gasteiger charge is 2.08. The van der Waals surface area contributed by atoms with E-state index in [4.69, 9.17) is 15.7 Å². The molecule has 5 heteroatoms. The van der Waals surface area contributed by atoms with Crippen molar-refractivity contribution in [1.29, 1.82) is 5.26 Å². The molecule has 2 aromatic rings. The number of hydrogen-bond acceptors (Lipinski definition) is 5. The van der Waals surface area contributed by atoms with Crippen LogP contribution in [0.3, 0.4) is 0 Å². The van der Waals surface area contributed by atoms with Crippen LogP contribution < -0.4 is 10.5 Å². The van der Waals surface area contributed by atoms with Crippen molar-refractivity contribution in [3.63, 3.8) is 0 Å². The van der Waals surface area contributed by atoms with E-state index >= 15 is 0 Å². The van der Waals surface area contributed by atoms with Crippen LogP contribution in [0.5, 0.6) is 5.75 Å². The van der Waals surface area contributed by atoms with Crippen LogP contribution in [0.1, 0.15) is 11.3 Å². The summed E-state index contributed by atoms with van der Waals surface area (Å²) in [7, 11) is 0. The minimum absolute atomic E-state index is 0.175. The molecule has 1 aromatic heterocycles. The molecule has 0 unspecified atom stereocenters. The fourth-order valence-electron chi connectivity index (χ4n) is 1.34. The quantitative estimate of drug-likeness (QED) is 0.857. The standard InChI is InChI=1S/C12H10N4O/c13-6-10-11(15-8-16-12(10)14)7-17-9-4-2-1-3-5-9/h1-5,8H,7H2,(H2,14,15,16). The van der Waals surface area contributed by atoms with Crippen LogP contribution >= 0.6 is 0 Å². The molecule has 0 radical (unpaired) electrons. The molecule has 1 heterocycles. The van der Waals surface area contributed by atoms with Crippen LogP contribution in [0.4, 0.5) is 5.82 Å². The summed E-state index contributed by atoms with van der Waals surface area (Å²) >= 11 is 0. The lowest BCUT2D eigenvalue weighted by atomic mass is 10.2. The van der Waals surface area contributed by atoms with Gasteiger partial charge in [-0.25, -0.2) is 9.97 Å². The molecule has 2 N–H and O–H groups in total. The first-order valence-corrected chi connectivity index (χ1v) is 4.98. The zero-order valence-corrected chi connectivity index (χ0v) is 9.00. The maximum atomic E-state index is 8.93. The Kier molecular flexibility index (Phi) is 3.17. The lowest BCUT2D eigenvalue weighted by Crippen LogP contribution is -2.05. The van der Waals surface area contributed by atoms with Gasteiger partial charge in [-0.15, -0.1) is 0 Å². The van der Waals surface area contributed by atoms with E-state index in [1.807, 2.05) is 36.4 Å². The molecule has 5 nitrogen and oxygen atoms in total. The number of anilines is 1. The highest BCUT2D eigenvalue weighted by Crippen LogP contribution is 2.14. The number of aromatic nitrogens is 2. The van der Waals surface area contributed by atoms with Gasteiger partial charge in [0.15, 0.2) is 0 Å². The Balaban J connectivity index is 2.15. The molecule has 1 aromatic carbocycles. The minimum Gasteiger partial charge on any atom is -0.487 e. The van der Waals surface area contributed by atoms with Gasteiger partial charge in [0.2, 0.25) is 0 Å². The van der Waals surface area contributed by atoms with Crippen LogP contribution in [0.2, 0.25) is 0 Å². The first kappa shape index (κ1) is 10.9. The lowest BCUT2D eigenvalue weighted by Gasteiger charge is -2.07. The maximum Gasteiger partial charge on any atom is 0.145 e. The second kappa shape index (κ2) is 4.94. The maximum absolute atomic E-state index is 8.93. The molecule has 0 aliphatic heterocycles. The number of nitrogens with zero attached hydrogens (tertiary/aromatic N) is 3. The number of hydrogen-bond donors (Lipinski definition) is 1. The van der Waals surface area contributed by atoms with Crippen molar-refractivity contribution in [2.45, 2.75) is 6.61 Å². The average Bonchev–Trinajstić information content (AvgIpc) is 2.37. The molecule has 0 spiro atoms. The van der Waals surface area contributed by atoms with Gasteiger partial charge in [0.05, 0.1) is 0 Å². The van der Waals surface area contributed by atoms with Crippen LogP contribution in [-0.2, 0) is 6.61 Å². The molecule has 17 heavy (non-hydrogen) atoms. The molecule has 0 aliphatic carbocycles. The second-order valence-electron chi connectivity index (χ2n) is 3.29. The zero-order chi connectivity index (χ0) is 12.1. The van der Waals surface area contributed by atoms with E-state index in [1.165, 1.54) is 6.33 Å². The molecule has 2 rings (SSSR count). The summed E-state index contributed by atoms with van der Waals surface area (Å²) in [6.45, 7) is 0.194. The molecule has 0 aliphatic rings. The molecule has 0 bridgehead atoms. The number of benzene rings is 1. The van der Waals surface area contributed by atoms with E-state index in [1.54, 1.807) is 0 Å². The van der Waals surface area contributed by atoms with Crippen LogP contribution in [0.15, 0.2) is 36.7 Å². The van der Waals surface area contributed by atoms with Crippen molar-refractivity contribution in [2.24, 2.45) is 0 Å². The Morgan fingerprint density at radius 3 is 2.71 bits per heavy atom. The highest BCUT2D eigenvalue weighted by molar-refractivity contribution is 5.50. The van der Waals surface area contributed by atoms with E-state index in [0.717, 1.165) is 0 Å². The smallest absolute Gasteiger partial charge is 0.145 e. The van der Waals surface area contributed by atoms with E-state index in [0.29, 0.717) is 11.4 Å². The summed E-state index contributed by atoms with van der Waals surface area (Å²) in [5.74, 6) is 0.891. The summed E-state index contributed by atoms with van der Waals surface area (Å²) < 4.78 is 5.49. The molecule has 0 atom stereocenters. The number of nitrogens with two attached hydrogens (primary N) is 1. The summed E-state index contributed by atoms with van der Waals surface area (Å²) in [6.07, 6.45) is 1.32. The van der Waals surface area contributed by atoms with Gasteiger partial charge in [-0.05, 0) is 12.1 Å². The first-order chi connectivity index (χ1) is 8.31. The summed E-state index contributed by atoms with van der Waals surface area (Å²) in [6, 6.07) is 11.3. The van der Waals surface area contributed by atoms with Crippen LogP contribution in [0.25, 0.3) is 0 Å². The van der Waals surface area contributed by atoms with Gasteiger partial charge in [-0.1, -0.05) is 18.2 Å². The first-order valence-electron chi connectivity index (χ1n) is 4.98. The van der Waals surface area contributed by atoms with Gasteiger partial charge in [0, 0.05) is 0 Å². The van der Waals surface area contributed by atoms with Crippen molar-refractivity contribution >= 4 is 5.82 Å². The zero-order valence-electron chi connectivity index (χ0n) is 9.00. The van der Waals surface area contributed by atoms with Crippen molar-refractivity contribution in [3.8, 4) is 11.8 Å².